The molecule has 130 valence electrons. The Bertz CT molecular complexity index is 643. The summed E-state index contributed by atoms with van der Waals surface area (Å²) in [5.74, 6) is 0.432. The Hall–Kier alpha value is -0.525. The molecule has 0 N–H and O–H groups in total. The number of hydrogen-bond acceptors (Lipinski definition) is 5. The molecule has 1 aromatic rings. The molecule has 0 spiro atoms. The fourth-order valence-corrected chi connectivity index (χ4v) is 3.16. The molecular formula is C16H20BCl2NO3S. The van der Waals surface area contributed by atoms with Crippen molar-refractivity contribution >= 4 is 53.3 Å². The molecule has 1 fully saturated rings. The summed E-state index contributed by atoms with van der Waals surface area (Å²) < 4.78 is 12.2. The molecule has 8 heteroatoms. The Morgan fingerprint density at radius 3 is 2.17 bits per heavy atom. The highest BCUT2D eigenvalue weighted by Gasteiger charge is 2.52. The zero-order chi connectivity index (χ0) is 18.1. The van der Waals surface area contributed by atoms with Gasteiger partial charge in [-0.3, -0.25) is 9.78 Å². The highest BCUT2D eigenvalue weighted by molar-refractivity contribution is 8.13. The minimum atomic E-state index is -0.567. The van der Waals surface area contributed by atoms with Gasteiger partial charge in [0.15, 0.2) is 5.12 Å². The molecule has 0 bridgehead atoms. The number of thioether (sulfide) groups is 1. The highest BCUT2D eigenvalue weighted by Crippen LogP contribution is 2.40. The third-order valence-electron chi connectivity index (χ3n) is 4.22. The summed E-state index contributed by atoms with van der Waals surface area (Å²) in [6.07, 6.45) is 4.88. The van der Waals surface area contributed by atoms with Crippen molar-refractivity contribution in [2.45, 2.75) is 45.8 Å². The van der Waals surface area contributed by atoms with Crippen molar-refractivity contribution in [1.82, 2.24) is 4.98 Å². The molecule has 0 atom stereocenters. The van der Waals surface area contributed by atoms with Crippen LogP contribution in [-0.4, -0.2) is 34.2 Å². The molecule has 0 saturated carbocycles. The van der Waals surface area contributed by atoms with E-state index in [0.717, 1.165) is 5.47 Å². The van der Waals surface area contributed by atoms with Gasteiger partial charge in [-0.25, -0.2) is 0 Å². The van der Waals surface area contributed by atoms with Crippen LogP contribution in [0.4, 0.5) is 0 Å². The van der Waals surface area contributed by atoms with Gasteiger partial charge in [-0.2, -0.15) is 0 Å². The van der Waals surface area contributed by atoms with Crippen LogP contribution in [0.2, 0.25) is 10.0 Å². The van der Waals surface area contributed by atoms with Gasteiger partial charge in [0.1, 0.15) is 0 Å². The Morgan fingerprint density at radius 1 is 1.21 bits per heavy atom. The lowest BCUT2D eigenvalue weighted by molar-refractivity contribution is -0.109. The molecule has 1 aliphatic rings. The molecular weight excluding hydrogens is 368 g/mol. The lowest BCUT2D eigenvalue weighted by Gasteiger charge is -2.32. The van der Waals surface area contributed by atoms with Crippen LogP contribution in [0.15, 0.2) is 17.9 Å². The number of carbonyl (C=O) groups excluding carboxylic acids is 1. The van der Waals surface area contributed by atoms with Crippen molar-refractivity contribution < 1.29 is 14.1 Å². The highest BCUT2D eigenvalue weighted by atomic mass is 35.5. The Labute approximate surface area is 157 Å². The largest absolute Gasteiger partial charge is 0.491 e. The van der Waals surface area contributed by atoms with Crippen LogP contribution in [0.25, 0.3) is 6.08 Å². The van der Waals surface area contributed by atoms with Crippen LogP contribution in [0.3, 0.4) is 0 Å². The molecule has 2 rings (SSSR count). The first-order valence-corrected chi connectivity index (χ1v) is 9.26. The van der Waals surface area contributed by atoms with Crippen LogP contribution in [0.1, 0.15) is 40.2 Å². The monoisotopic (exact) mass is 387 g/mol. The molecule has 0 radical (unpaired) electrons. The molecule has 24 heavy (non-hydrogen) atoms. The maximum atomic E-state index is 11.4. The van der Waals surface area contributed by atoms with E-state index in [-0.39, 0.29) is 5.12 Å². The van der Waals surface area contributed by atoms with Gasteiger partial charge >= 0.3 is 7.12 Å². The van der Waals surface area contributed by atoms with Crippen LogP contribution < -0.4 is 0 Å². The third-order valence-corrected chi connectivity index (χ3v) is 5.70. The first-order valence-electron chi connectivity index (χ1n) is 7.52. The Kier molecular flexibility index (Phi) is 6.09. The predicted octanol–water partition coefficient (Wildman–Crippen LogP) is 4.68. The van der Waals surface area contributed by atoms with Crippen molar-refractivity contribution in [2.75, 3.05) is 5.75 Å². The van der Waals surface area contributed by atoms with Crippen molar-refractivity contribution in [3.8, 4) is 0 Å². The summed E-state index contributed by atoms with van der Waals surface area (Å²) >= 11 is 13.6. The van der Waals surface area contributed by atoms with E-state index < -0.39 is 18.3 Å². The van der Waals surface area contributed by atoms with Crippen molar-refractivity contribution in [3.05, 3.63) is 33.5 Å². The molecule has 1 aromatic heterocycles. The minimum absolute atomic E-state index is 0.0179. The number of nitrogens with zero attached hydrogens (tertiary/aromatic N) is 1. The number of carbonyl (C=O) groups is 1. The van der Waals surface area contributed by atoms with E-state index in [1.807, 2.05) is 33.8 Å². The molecule has 0 unspecified atom stereocenters. The normalized spacial score (nSPS) is 19.6. The number of hydrogen-bond donors (Lipinski definition) is 0. The van der Waals surface area contributed by atoms with Gasteiger partial charge in [0.25, 0.3) is 0 Å². The maximum absolute atomic E-state index is 11.4. The number of pyridine rings is 1. The molecule has 0 aliphatic carbocycles. The van der Waals surface area contributed by atoms with E-state index in [4.69, 9.17) is 32.5 Å². The molecule has 1 aliphatic heterocycles. The smallest absolute Gasteiger partial charge is 0.400 e. The SMILES string of the molecule is CC(=O)SCC(=Cc1c(Cl)cncc1Cl)B1OC(C)(C)C(C)(C)O1. The van der Waals surface area contributed by atoms with E-state index in [9.17, 15) is 4.79 Å². The maximum Gasteiger partial charge on any atom is 0.491 e. The zero-order valence-electron chi connectivity index (χ0n) is 14.4. The van der Waals surface area contributed by atoms with E-state index >= 15 is 0 Å². The summed E-state index contributed by atoms with van der Waals surface area (Å²) in [6, 6.07) is 0. The van der Waals surface area contributed by atoms with Crippen LogP contribution in [0.5, 0.6) is 0 Å². The second-order valence-corrected chi connectivity index (χ2v) is 8.57. The topological polar surface area (TPSA) is 48.4 Å². The second-order valence-electron chi connectivity index (χ2n) is 6.60. The summed E-state index contributed by atoms with van der Waals surface area (Å²) in [7, 11) is -0.567. The Morgan fingerprint density at radius 2 is 1.71 bits per heavy atom. The van der Waals surface area contributed by atoms with Gasteiger partial charge in [-0.1, -0.05) is 41.0 Å². The van der Waals surface area contributed by atoms with Crippen LogP contribution >= 0.6 is 35.0 Å². The predicted molar refractivity (Wildman–Crippen MR) is 101 cm³/mol. The molecule has 1 saturated heterocycles. The first kappa shape index (κ1) is 19.8. The van der Waals surface area contributed by atoms with Crippen LogP contribution in [0, 0.1) is 0 Å². The summed E-state index contributed by atoms with van der Waals surface area (Å²) in [5, 5.41) is 0.887. The quantitative estimate of drug-likeness (QED) is 0.701. The fraction of sp³-hybridized carbons (Fsp3) is 0.500. The standard InChI is InChI=1S/C16H20BCl2NO3S/c1-10(21)24-9-11(6-12-13(18)7-20-8-14(12)19)17-22-15(2,3)16(4,5)23-17/h6-8H,9H2,1-5H3. The van der Waals surface area contributed by atoms with E-state index in [0.29, 0.717) is 21.4 Å². The molecule has 2 heterocycles. The summed E-state index contributed by atoms with van der Waals surface area (Å²) in [6.45, 7) is 9.45. The first-order chi connectivity index (χ1) is 11.0. The average molecular weight is 388 g/mol. The van der Waals surface area contributed by atoms with Crippen molar-refractivity contribution in [2.24, 2.45) is 0 Å². The third kappa shape index (κ3) is 4.35. The van der Waals surface area contributed by atoms with Gasteiger partial charge in [0.05, 0.1) is 21.2 Å². The van der Waals surface area contributed by atoms with Gasteiger partial charge in [-0.05, 0) is 33.2 Å². The summed E-state index contributed by atoms with van der Waals surface area (Å²) in [5.41, 5.74) is 0.499. The number of rotatable bonds is 4. The second kappa shape index (κ2) is 7.38. The number of aromatic nitrogens is 1. The van der Waals surface area contributed by atoms with Crippen LogP contribution in [-0.2, 0) is 14.1 Å². The molecule has 0 amide bonds. The van der Waals surface area contributed by atoms with Gasteiger partial charge in [0, 0.05) is 30.6 Å². The Balaban J connectivity index is 2.39. The lowest BCUT2D eigenvalue weighted by Crippen LogP contribution is -2.41. The van der Waals surface area contributed by atoms with Crippen molar-refractivity contribution in [3.63, 3.8) is 0 Å². The van der Waals surface area contributed by atoms with Gasteiger partial charge < -0.3 is 9.31 Å². The van der Waals surface area contributed by atoms with E-state index in [1.165, 1.54) is 31.1 Å². The average Bonchev–Trinajstić information content (AvgIpc) is 2.65. The van der Waals surface area contributed by atoms with E-state index in [1.54, 1.807) is 0 Å². The molecule has 4 nitrogen and oxygen atoms in total. The molecule has 0 aromatic carbocycles. The summed E-state index contributed by atoms with van der Waals surface area (Å²) in [4.78, 5) is 15.4. The van der Waals surface area contributed by atoms with E-state index in [2.05, 4.69) is 4.98 Å². The minimum Gasteiger partial charge on any atom is -0.400 e. The fourth-order valence-electron chi connectivity index (χ4n) is 2.10. The van der Waals surface area contributed by atoms with Gasteiger partial charge in [0.2, 0.25) is 0 Å². The van der Waals surface area contributed by atoms with Gasteiger partial charge in [-0.15, -0.1) is 0 Å². The zero-order valence-corrected chi connectivity index (χ0v) is 16.7. The lowest BCUT2D eigenvalue weighted by atomic mass is 9.78. The number of halogens is 2. The van der Waals surface area contributed by atoms with Crippen molar-refractivity contribution in [1.29, 1.82) is 0 Å².